The van der Waals surface area contributed by atoms with Gasteiger partial charge in [-0.1, -0.05) is 6.08 Å². The number of allylic oxidation sites excluding steroid dienone is 1. The van der Waals surface area contributed by atoms with Crippen LogP contribution in [-0.2, 0) is 0 Å². The highest BCUT2D eigenvalue weighted by atomic mass is 79.9. The van der Waals surface area contributed by atoms with E-state index < -0.39 is 0 Å². The van der Waals surface area contributed by atoms with Crippen LogP contribution >= 0.6 is 27.3 Å². The van der Waals surface area contributed by atoms with Crippen molar-refractivity contribution >= 4 is 39.1 Å². The largest absolute Gasteiger partial charge is 0.503 e. The highest BCUT2D eigenvalue weighted by Crippen LogP contribution is 2.36. The van der Waals surface area contributed by atoms with Crippen LogP contribution in [0.4, 0.5) is 0 Å². The third kappa shape index (κ3) is 3.78. The maximum Gasteiger partial charge on any atom is 0.186 e. The molecular formula is C17H17BrO3S. The van der Waals surface area contributed by atoms with Crippen molar-refractivity contribution in [3.63, 3.8) is 0 Å². The van der Waals surface area contributed by atoms with E-state index >= 15 is 0 Å². The molecule has 1 aromatic heterocycles. The standard InChI is InChI=1S/C17H17BrO3S/c1-4-21-16-9-12(8-14(18)17(16)20)5-6-15(19)13-7-10(2)22-11(13)3/h5-9,20H,4H2,1-3H3. The van der Waals surface area contributed by atoms with Gasteiger partial charge in [0.1, 0.15) is 0 Å². The van der Waals surface area contributed by atoms with Gasteiger partial charge in [-0.15, -0.1) is 11.3 Å². The summed E-state index contributed by atoms with van der Waals surface area (Å²) in [6, 6.07) is 5.36. The van der Waals surface area contributed by atoms with Crippen molar-refractivity contribution in [3.8, 4) is 11.5 Å². The van der Waals surface area contributed by atoms with Crippen LogP contribution in [-0.4, -0.2) is 17.5 Å². The van der Waals surface area contributed by atoms with Gasteiger partial charge < -0.3 is 9.84 Å². The molecule has 3 nitrogen and oxygen atoms in total. The number of phenolic OH excluding ortho intramolecular Hbond substituents is 1. The molecule has 0 fully saturated rings. The van der Waals surface area contributed by atoms with Gasteiger partial charge in [-0.3, -0.25) is 4.79 Å². The molecule has 1 aromatic carbocycles. The Bertz CT molecular complexity index is 732. The molecule has 116 valence electrons. The second kappa shape index (κ2) is 7.11. The van der Waals surface area contributed by atoms with Crippen LogP contribution in [0.3, 0.4) is 0 Å². The molecular weight excluding hydrogens is 364 g/mol. The van der Waals surface area contributed by atoms with Crippen LogP contribution in [0.15, 0.2) is 28.7 Å². The van der Waals surface area contributed by atoms with Crippen molar-refractivity contribution in [2.24, 2.45) is 0 Å². The Morgan fingerprint density at radius 1 is 1.36 bits per heavy atom. The van der Waals surface area contributed by atoms with Gasteiger partial charge in [0, 0.05) is 15.3 Å². The normalized spacial score (nSPS) is 11.1. The molecule has 0 amide bonds. The smallest absolute Gasteiger partial charge is 0.186 e. The van der Waals surface area contributed by atoms with Gasteiger partial charge in [0.2, 0.25) is 0 Å². The topological polar surface area (TPSA) is 46.5 Å². The number of aromatic hydroxyl groups is 1. The first-order valence-corrected chi connectivity index (χ1v) is 8.48. The van der Waals surface area contributed by atoms with E-state index in [0.29, 0.717) is 16.8 Å². The van der Waals surface area contributed by atoms with Crippen molar-refractivity contribution in [2.45, 2.75) is 20.8 Å². The lowest BCUT2D eigenvalue weighted by atomic mass is 10.1. The molecule has 1 heterocycles. The van der Waals surface area contributed by atoms with Crippen LogP contribution in [0.5, 0.6) is 11.5 Å². The summed E-state index contributed by atoms with van der Waals surface area (Å²) in [6.45, 7) is 6.24. The predicted octanol–water partition coefficient (Wildman–Crippen LogP) is 5.13. The van der Waals surface area contributed by atoms with Gasteiger partial charge in [-0.25, -0.2) is 0 Å². The lowest BCUT2D eigenvalue weighted by molar-refractivity contribution is 0.104. The quantitative estimate of drug-likeness (QED) is 0.577. The monoisotopic (exact) mass is 380 g/mol. The van der Waals surface area contributed by atoms with Gasteiger partial charge in [0.05, 0.1) is 11.1 Å². The van der Waals surface area contributed by atoms with E-state index in [9.17, 15) is 9.90 Å². The summed E-state index contributed by atoms with van der Waals surface area (Å²) in [5, 5.41) is 9.89. The molecule has 0 aliphatic carbocycles. The molecule has 2 aromatic rings. The highest BCUT2D eigenvalue weighted by Gasteiger charge is 2.10. The lowest BCUT2D eigenvalue weighted by Gasteiger charge is -2.08. The molecule has 0 saturated carbocycles. The minimum Gasteiger partial charge on any atom is -0.503 e. The van der Waals surface area contributed by atoms with Crippen LogP contribution < -0.4 is 4.74 Å². The summed E-state index contributed by atoms with van der Waals surface area (Å²) >= 11 is 4.90. The zero-order chi connectivity index (χ0) is 16.3. The molecule has 0 bridgehead atoms. The third-order valence-electron chi connectivity index (χ3n) is 3.08. The van der Waals surface area contributed by atoms with Crippen molar-refractivity contribution in [3.05, 3.63) is 49.6 Å². The summed E-state index contributed by atoms with van der Waals surface area (Å²) in [4.78, 5) is 14.4. The lowest BCUT2D eigenvalue weighted by Crippen LogP contribution is -1.94. The van der Waals surface area contributed by atoms with E-state index in [1.165, 1.54) is 0 Å². The number of halogens is 1. The highest BCUT2D eigenvalue weighted by molar-refractivity contribution is 9.10. The summed E-state index contributed by atoms with van der Waals surface area (Å²) < 4.78 is 5.91. The van der Waals surface area contributed by atoms with Crippen molar-refractivity contribution in [2.75, 3.05) is 6.61 Å². The van der Waals surface area contributed by atoms with Crippen molar-refractivity contribution in [1.82, 2.24) is 0 Å². The molecule has 2 rings (SSSR count). The van der Waals surface area contributed by atoms with E-state index in [2.05, 4.69) is 15.9 Å². The second-order valence-corrected chi connectivity index (χ2v) is 7.12. The number of ketones is 1. The molecule has 0 unspecified atom stereocenters. The van der Waals surface area contributed by atoms with Gasteiger partial charge in [0.15, 0.2) is 17.3 Å². The first-order chi connectivity index (χ1) is 10.4. The SMILES string of the molecule is CCOc1cc(C=CC(=O)c2cc(C)sc2C)cc(Br)c1O. The van der Waals surface area contributed by atoms with Gasteiger partial charge in [0.25, 0.3) is 0 Å². The zero-order valence-corrected chi connectivity index (χ0v) is 15.0. The number of aryl methyl sites for hydroxylation is 2. The van der Waals surface area contributed by atoms with Crippen LogP contribution in [0, 0.1) is 13.8 Å². The Kier molecular flexibility index (Phi) is 5.42. The Hall–Kier alpha value is -1.59. The zero-order valence-electron chi connectivity index (χ0n) is 12.6. The number of ether oxygens (including phenoxy) is 1. The number of benzene rings is 1. The number of carbonyl (C=O) groups is 1. The molecule has 22 heavy (non-hydrogen) atoms. The van der Waals surface area contributed by atoms with E-state index in [1.807, 2.05) is 26.8 Å². The van der Waals surface area contributed by atoms with Gasteiger partial charge in [-0.2, -0.15) is 0 Å². The molecule has 0 aliphatic heterocycles. The Morgan fingerprint density at radius 3 is 2.68 bits per heavy atom. The minimum absolute atomic E-state index is 0.0241. The average molecular weight is 381 g/mol. The fraction of sp³-hybridized carbons (Fsp3) is 0.235. The number of rotatable bonds is 5. The summed E-state index contributed by atoms with van der Waals surface area (Å²) in [5.74, 6) is 0.435. The van der Waals surface area contributed by atoms with Crippen LogP contribution in [0.1, 0.15) is 32.6 Å². The fourth-order valence-corrected chi connectivity index (χ4v) is 3.48. The van der Waals surface area contributed by atoms with E-state index in [0.717, 1.165) is 20.9 Å². The maximum atomic E-state index is 12.2. The molecule has 0 radical (unpaired) electrons. The minimum atomic E-state index is -0.0241. The van der Waals surface area contributed by atoms with Gasteiger partial charge >= 0.3 is 0 Å². The summed E-state index contributed by atoms with van der Waals surface area (Å²) in [5.41, 5.74) is 1.52. The Labute approximate surface area is 142 Å². The Balaban J connectivity index is 2.26. The first kappa shape index (κ1) is 16.8. The Morgan fingerprint density at radius 2 is 2.09 bits per heavy atom. The van der Waals surface area contributed by atoms with Crippen molar-refractivity contribution < 1.29 is 14.6 Å². The van der Waals surface area contributed by atoms with E-state index in [4.69, 9.17) is 4.74 Å². The number of hydrogen-bond acceptors (Lipinski definition) is 4. The molecule has 1 N–H and O–H groups in total. The molecule has 0 aliphatic rings. The fourth-order valence-electron chi connectivity index (χ4n) is 2.09. The van der Waals surface area contributed by atoms with Crippen LogP contribution in [0.2, 0.25) is 0 Å². The maximum absolute atomic E-state index is 12.2. The molecule has 5 heteroatoms. The average Bonchev–Trinajstić information content (AvgIpc) is 2.80. The molecule has 0 saturated heterocycles. The number of phenols is 1. The summed E-state index contributed by atoms with van der Waals surface area (Å²) in [7, 11) is 0. The number of thiophene rings is 1. The second-order valence-electron chi connectivity index (χ2n) is 4.81. The third-order valence-corrected chi connectivity index (χ3v) is 4.65. The first-order valence-electron chi connectivity index (χ1n) is 6.87. The van der Waals surface area contributed by atoms with Crippen LogP contribution in [0.25, 0.3) is 6.08 Å². The summed E-state index contributed by atoms with van der Waals surface area (Å²) in [6.07, 6.45) is 3.27. The number of hydrogen-bond donors (Lipinski definition) is 1. The van der Waals surface area contributed by atoms with E-state index in [-0.39, 0.29) is 11.5 Å². The predicted molar refractivity (Wildman–Crippen MR) is 94.1 cm³/mol. The van der Waals surface area contributed by atoms with Crippen molar-refractivity contribution in [1.29, 1.82) is 0 Å². The molecule has 0 atom stereocenters. The molecule has 0 spiro atoms. The number of carbonyl (C=O) groups excluding carboxylic acids is 1. The van der Waals surface area contributed by atoms with E-state index in [1.54, 1.807) is 35.6 Å². The van der Waals surface area contributed by atoms with Gasteiger partial charge in [-0.05, 0) is 66.5 Å².